The third-order valence-corrected chi connectivity index (χ3v) is 4.99. The minimum atomic E-state index is -0.208. The van der Waals surface area contributed by atoms with Crippen LogP contribution in [0, 0.1) is 5.92 Å². The summed E-state index contributed by atoms with van der Waals surface area (Å²) in [6.45, 7) is 4.95. The Balaban J connectivity index is 1.53. The number of carbonyl (C=O) groups is 3. The first-order valence-corrected chi connectivity index (χ1v) is 10.2. The van der Waals surface area contributed by atoms with Gasteiger partial charge in [0.15, 0.2) is 0 Å². The summed E-state index contributed by atoms with van der Waals surface area (Å²) in [5.74, 6) is -0.194. The lowest BCUT2D eigenvalue weighted by Crippen LogP contribution is -2.45. The standard InChI is InChI=1S/C23H28N4O3/c1-16(2)24-21(28)18-11-13-27(14-12-18)23(30)26-20-10-6-9-19(15-20)25-22(29)17-7-4-3-5-8-17/h3-10,15-16,18H,11-14H2,1-2H3,(H,24,28)(H,25,29)(H,26,30). The highest BCUT2D eigenvalue weighted by Gasteiger charge is 2.27. The van der Waals surface area contributed by atoms with Crippen molar-refractivity contribution >= 4 is 29.2 Å². The van der Waals surface area contributed by atoms with Crippen LogP contribution in [0.3, 0.4) is 0 Å². The van der Waals surface area contributed by atoms with E-state index in [9.17, 15) is 14.4 Å². The zero-order valence-corrected chi connectivity index (χ0v) is 17.4. The van der Waals surface area contributed by atoms with Gasteiger partial charge in [-0.2, -0.15) is 0 Å². The van der Waals surface area contributed by atoms with E-state index in [-0.39, 0.29) is 29.8 Å². The Morgan fingerprint density at radius 1 is 0.900 bits per heavy atom. The number of rotatable bonds is 5. The van der Waals surface area contributed by atoms with Gasteiger partial charge in [-0.05, 0) is 57.0 Å². The van der Waals surface area contributed by atoms with Crippen LogP contribution in [-0.4, -0.2) is 41.9 Å². The van der Waals surface area contributed by atoms with E-state index in [1.165, 1.54) is 0 Å². The van der Waals surface area contributed by atoms with Crippen molar-refractivity contribution < 1.29 is 14.4 Å². The van der Waals surface area contributed by atoms with Gasteiger partial charge in [0, 0.05) is 42.0 Å². The largest absolute Gasteiger partial charge is 0.354 e. The number of hydrogen-bond donors (Lipinski definition) is 3. The number of nitrogens with one attached hydrogen (secondary N) is 3. The summed E-state index contributed by atoms with van der Waals surface area (Å²) in [5, 5.41) is 8.65. The van der Waals surface area contributed by atoms with Gasteiger partial charge < -0.3 is 20.9 Å². The monoisotopic (exact) mass is 408 g/mol. The molecule has 3 rings (SSSR count). The Labute approximate surface area is 176 Å². The first-order chi connectivity index (χ1) is 14.4. The van der Waals surface area contributed by atoms with E-state index in [0.29, 0.717) is 42.9 Å². The molecule has 0 spiro atoms. The molecule has 7 nitrogen and oxygen atoms in total. The van der Waals surface area contributed by atoms with Gasteiger partial charge in [0.2, 0.25) is 5.91 Å². The van der Waals surface area contributed by atoms with Crippen LogP contribution in [-0.2, 0) is 4.79 Å². The summed E-state index contributed by atoms with van der Waals surface area (Å²) in [5.41, 5.74) is 1.77. The van der Waals surface area contributed by atoms with Crippen molar-refractivity contribution in [3.8, 4) is 0 Å². The zero-order chi connectivity index (χ0) is 21.5. The molecule has 0 aromatic heterocycles. The molecule has 0 unspecified atom stereocenters. The molecule has 158 valence electrons. The van der Waals surface area contributed by atoms with Gasteiger partial charge in [0.05, 0.1) is 0 Å². The average molecular weight is 409 g/mol. The lowest BCUT2D eigenvalue weighted by molar-refractivity contribution is -0.126. The summed E-state index contributed by atoms with van der Waals surface area (Å²) in [7, 11) is 0. The first-order valence-electron chi connectivity index (χ1n) is 10.2. The van der Waals surface area contributed by atoms with Crippen LogP contribution in [0.15, 0.2) is 54.6 Å². The Morgan fingerprint density at radius 3 is 2.17 bits per heavy atom. The van der Waals surface area contributed by atoms with Crippen LogP contribution < -0.4 is 16.0 Å². The fourth-order valence-corrected chi connectivity index (χ4v) is 3.42. The van der Waals surface area contributed by atoms with Crippen LogP contribution in [0.5, 0.6) is 0 Å². The quantitative estimate of drug-likeness (QED) is 0.704. The maximum atomic E-state index is 12.6. The lowest BCUT2D eigenvalue weighted by Gasteiger charge is -2.31. The number of piperidine rings is 1. The topological polar surface area (TPSA) is 90.5 Å². The van der Waals surface area contributed by atoms with Crippen LogP contribution in [0.1, 0.15) is 37.0 Å². The van der Waals surface area contributed by atoms with Crippen LogP contribution >= 0.6 is 0 Å². The molecule has 2 aromatic carbocycles. The summed E-state index contributed by atoms with van der Waals surface area (Å²) in [6.07, 6.45) is 1.30. The molecule has 7 heteroatoms. The second kappa shape index (κ2) is 9.91. The minimum Gasteiger partial charge on any atom is -0.354 e. The Bertz CT molecular complexity index is 890. The van der Waals surface area contributed by atoms with E-state index in [0.717, 1.165) is 0 Å². The first kappa shape index (κ1) is 21.4. The Kier molecular flexibility index (Phi) is 7.06. The molecule has 0 saturated carbocycles. The van der Waals surface area contributed by atoms with E-state index in [1.807, 2.05) is 19.9 Å². The van der Waals surface area contributed by atoms with E-state index >= 15 is 0 Å². The summed E-state index contributed by atoms with van der Waals surface area (Å²) in [6, 6.07) is 15.9. The van der Waals surface area contributed by atoms with Crippen molar-refractivity contribution in [1.29, 1.82) is 0 Å². The van der Waals surface area contributed by atoms with Gasteiger partial charge in [-0.1, -0.05) is 24.3 Å². The molecule has 2 aromatic rings. The normalized spacial score (nSPS) is 14.3. The number of benzene rings is 2. The number of carbonyl (C=O) groups excluding carboxylic acids is 3. The maximum Gasteiger partial charge on any atom is 0.321 e. The molecule has 1 heterocycles. The molecular formula is C23H28N4O3. The van der Waals surface area contributed by atoms with Crippen LogP contribution in [0.4, 0.5) is 16.2 Å². The fraction of sp³-hybridized carbons (Fsp3) is 0.348. The number of urea groups is 1. The summed E-state index contributed by atoms with van der Waals surface area (Å²) < 4.78 is 0. The lowest BCUT2D eigenvalue weighted by atomic mass is 9.96. The van der Waals surface area contributed by atoms with Gasteiger partial charge in [0.1, 0.15) is 0 Å². The molecule has 4 amide bonds. The molecule has 0 atom stereocenters. The zero-order valence-electron chi connectivity index (χ0n) is 17.4. The third kappa shape index (κ3) is 5.83. The van der Waals surface area contributed by atoms with Gasteiger partial charge in [0.25, 0.3) is 5.91 Å². The van der Waals surface area contributed by atoms with Crippen LogP contribution in [0.25, 0.3) is 0 Å². The van der Waals surface area contributed by atoms with E-state index in [2.05, 4.69) is 16.0 Å². The molecule has 0 aliphatic carbocycles. The third-order valence-electron chi connectivity index (χ3n) is 4.99. The highest BCUT2D eigenvalue weighted by molar-refractivity contribution is 6.04. The smallest absolute Gasteiger partial charge is 0.321 e. The second-order valence-corrected chi connectivity index (χ2v) is 7.76. The maximum absolute atomic E-state index is 12.6. The molecule has 1 fully saturated rings. The fourth-order valence-electron chi connectivity index (χ4n) is 3.42. The van der Waals surface area contributed by atoms with E-state index < -0.39 is 0 Å². The van der Waals surface area contributed by atoms with Crippen molar-refractivity contribution in [2.75, 3.05) is 23.7 Å². The number of amides is 4. The summed E-state index contributed by atoms with van der Waals surface area (Å²) in [4.78, 5) is 38.8. The number of nitrogens with zero attached hydrogens (tertiary/aromatic N) is 1. The highest BCUT2D eigenvalue weighted by atomic mass is 16.2. The Hall–Kier alpha value is -3.35. The van der Waals surface area contributed by atoms with Crippen molar-refractivity contribution in [3.63, 3.8) is 0 Å². The molecule has 0 bridgehead atoms. The predicted octanol–water partition coefficient (Wildman–Crippen LogP) is 3.71. The number of hydrogen-bond acceptors (Lipinski definition) is 3. The van der Waals surface area contributed by atoms with Crippen molar-refractivity contribution in [2.24, 2.45) is 5.92 Å². The Morgan fingerprint density at radius 2 is 1.53 bits per heavy atom. The van der Waals surface area contributed by atoms with E-state index in [1.54, 1.807) is 53.4 Å². The molecule has 30 heavy (non-hydrogen) atoms. The molecular weight excluding hydrogens is 380 g/mol. The molecule has 1 aliphatic rings. The van der Waals surface area contributed by atoms with Gasteiger partial charge >= 0.3 is 6.03 Å². The SMILES string of the molecule is CC(C)NC(=O)C1CCN(C(=O)Nc2cccc(NC(=O)c3ccccc3)c2)CC1. The summed E-state index contributed by atoms with van der Waals surface area (Å²) >= 11 is 0. The number of likely N-dealkylation sites (tertiary alicyclic amines) is 1. The van der Waals surface area contributed by atoms with Crippen LogP contribution in [0.2, 0.25) is 0 Å². The van der Waals surface area contributed by atoms with Crippen molar-refractivity contribution in [1.82, 2.24) is 10.2 Å². The number of anilines is 2. The van der Waals surface area contributed by atoms with Gasteiger partial charge in [-0.25, -0.2) is 4.79 Å². The van der Waals surface area contributed by atoms with Gasteiger partial charge in [-0.15, -0.1) is 0 Å². The molecule has 1 aliphatic heterocycles. The molecule has 0 radical (unpaired) electrons. The second-order valence-electron chi connectivity index (χ2n) is 7.76. The highest BCUT2D eigenvalue weighted by Crippen LogP contribution is 2.20. The average Bonchev–Trinajstić information content (AvgIpc) is 2.74. The minimum absolute atomic E-state index is 0.0482. The van der Waals surface area contributed by atoms with Crippen molar-refractivity contribution in [3.05, 3.63) is 60.2 Å². The van der Waals surface area contributed by atoms with E-state index in [4.69, 9.17) is 0 Å². The van der Waals surface area contributed by atoms with Gasteiger partial charge in [-0.3, -0.25) is 9.59 Å². The predicted molar refractivity (Wildman–Crippen MR) is 117 cm³/mol. The molecule has 3 N–H and O–H groups in total. The van der Waals surface area contributed by atoms with Crippen molar-refractivity contribution in [2.45, 2.75) is 32.7 Å². The molecule has 1 saturated heterocycles.